The summed E-state index contributed by atoms with van der Waals surface area (Å²) in [4.78, 5) is 0.572. The molecule has 3 rings (SSSR count). The summed E-state index contributed by atoms with van der Waals surface area (Å²) in [6, 6.07) is 26.4. The highest BCUT2D eigenvalue weighted by molar-refractivity contribution is 7.83. The van der Waals surface area contributed by atoms with Crippen LogP contribution in [0.3, 0.4) is 0 Å². The summed E-state index contributed by atoms with van der Waals surface area (Å²) in [6.07, 6.45) is 0. The van der Waals surface area contributed by atoms with Gasteiger partial charge in [0.25, 0.3) is 0 Å². The van der Waals surface area contributed by atoms with Gasteiger partial charge < -0.3 is 5.11 Å². The molecule has 0 aliphatic rings. The molecule has 1 unspecified atom stereocenters. The number of aliphatic hydroxyl groups is 1. The van der Waals surface area contributed by atoms with E-state index >= 15 is 0 Å². The van der Waals surface area contributed by atoms with Gasteiger partial charge in [0.15, 0.2) is 0 Å². The number of benzene rings is 3. The molecule has 0 saturated heterocycles. The second kappa shape index (κ2) is 7.77. The Bertz CT molecular complexity index is 878. The molecule has 0 spiro atoms. The highest BCUT2D eigenvalue weighted by Gasteiger charge is 2.36. The Balaban J connectivity index is 2.22. The van der Waals surface area contributed by atoms with Crippen LogP contribution < -0.4 is 4.72 Å². The molecule has 4 heteroatoms. The minimum Gasteiger partial charge on any atom is -0.376 e. The predicted molar refractivity (Wildman–Crippen MR) is 111 cm³/mol. The number of hydrogen-bond donors (Lipinski definition) is 2. The van der Waals surface area contributed by atoms with Gasteiger partial charge in [-0.1, -0.05) is 78.9 Å². The van der Waals surface area contributed by atoms with Crippen molar-refractivity contribution >= 4 is 11.0 Å². The fourth-order valence-corrected chi connectivity index (χ4v) is 4.38. The molecule has 0 aliphatic heterocycles. The van der Waals surface area contributed by atoms with Crippen molar-refractivity contribution in [2.75, 3.05) is 0 Å². The molecule has 0 bridgehead atoms. The molecular formula is C23H25NO2S. The molecule has 0 aliphatic carbocycles. The molecule has 2 N–H and O–H groups in total. The Morgan fingerprint density at radius 1 is 0.741 bits per heavy atom. The molecule has 140 valence electrons. The summed E-state index contributed by atoms with van der Waals surface area (Å²) in [6.45, 7) is 5.90. The molecule has 0 heterocycles. The van der Waals surface area contributed by atoms with Gasteiger partial charge in [-0.2, -0.15) is 0 Å². The van der Waals surface area contributed by atoms with Crippen LogP contribution in [0.4, 0.5) is 0 Å². The molecule has 0 saturated carbocycles. The summed E-state index contributed by atoms with van der Waals surface area (Å²) in [5, 5.41) is 12.0. The van der Waals surface area contributed by atoms with Crippen molar-refractivity contribution in [2.24, 2.45) is 0 Å². The zero-order valence-electron chi connectivity index (χ0n) is 15.8. The number of nitrogens with one attached hydrogen (secondary N) is 1. The van der Waals surface area contributed by atoms with E-state index in [0.29, 0.717) is 10.5 Å². The average molecular weight is 380 g/mol. The Kier molecular flexibility index (Phi) is 5.61. The third kappa shape index (κ3) is 4.19. The van der Waals surface area contributed by atoms with Gasteiger partial charge in [0.1, 0.15) is 16.6 Å². The lowest BCUT2D eigenvalue weighted by molar-refractivity contribution is 0.122. The first-order valence-electron chi connectivity index (χ1n) is 8.95. The molecule has 27 heavy (non-hydrogen) atoms. The summed E-state index contributed by atoms with van der Waals surface area (Å²) in [5.41, 5.74) is 0.342. The first kappa shape index (κ1) is 19.5. The van der Waals surface area contributed by atoms with Crippen molar-refractivity contribution in [3.63, 3.8) is 0 Å². The fourth-order valence-electron chi connectivity index (χ4n) is 3.10. The van der Waals surface area contributed by atoms with Crippen LogP contribution in [0, 0.1) is 0 Å². The van der Waals surface area contributed by atoms with E-state index in [2.05, 4.69) is 4.72 Å². The highest BCUT2D eigenvalue weighted by Crippen LogP contribution is 2.39. The summed E-state index contributed by atoms with van der Waals surface area (Å²) in [7, 11) is -1.47. The molecular weight excluding hydrogens is 354 g/mol. The second-order valence-electron chi connectivity index (χ2n) is 7.56. The van der Waals surface area contributed by atoms with E-state index in [9.17, 15) is 9.32 Å². The molecule has 3 nitrogen and oxygen atoms in total. The van der Waals surface area contributed by atoms with Gasteiger partial charge in [-0.3, -0.25) is 0 Å². The van der Waals surface area contributed by atoms with Crippen molar-refractivity contribution in [3.8, 4) is 0 Å². The zero-order chi connectivity index (χ0) is 19.5. The fraction of sp³-hybridized carbons (Fsp3) is 0.217. The topological polar surface area (TPSA) is 49.3 Å². The van der Waals surface area contributed by atoms with Gasteiger partial charge in [-0.05, 0) is 38.0 Å². The Morgan fingerprint density at radius 3 is 1.67 bits per heavy atom. The quantitative estimate of drug-likeness (QED) is 0.646. The number of rotatable bonds is 5. The van der Waals surface area contributed by atoms with Gasteiger partial charge in [-0.25, -0.2) is 8.93 Å². The Morgan fingerprint density at radius 2 is 1.19 bits per heavy atom. The lowest BCUT2D eigenvalue weighted by Gasteiger charge is -2.32. The zero-order valence-corrected chi connectivity index (χ0v) is 16.7. The van der Waals surface area contributed by atoms with Gasteiger partial charge in [0.2, 0.25) is 0 Å². The van der Waals surface area contributed by atoms with Gasteiger partial charge in [0.05, 0.1) is 4.90 Å². The lowest BCUT2D eigenvalue weighted by Crippen LogP contribution is -2.38. The van der Waals surface area contributed by atoms with Crippen LogP contribution in [0.25, 0.3) is 0 Å². The van der Waals surface area contributed by atoms with Crippen molar-refractivity contribution < 1.29 is 9.32 Å². The standard InChI is InChI=1S/C23H25NO2S/c1-22(2,3)24-27(26)21-17-11-10-16-20(21)23(25,18-12-6-4-7-13-18)19-14-8-5-9-15-19/h4-17,24-25H,1-3H3. The maximum Gasteiger partial charge on any atom is 0.141 e. The first-order chi connectivity index (χ1) is 12.8. The minimum atomic E-state index is -1.47. The first-order valence-corrected chi connectivity index (χ1v) is 10.1. The van der Waals surface area contributed by atoms with Crippen LogP contribution in [0.2, 0.25) is 0 Å². The largest absolute Gasteiger partial charge is 0.376 e. The Hall–Kier alpha value is -2.27. The maximum atomic E-state index is 13.1. The van der Waals surface area contributed by atoms with Crippen molar-refractivity contribution in [1.29, 1.82) is 0 Å². The van der Waals surface area contributed by atoms with Crippen LogP contribution in [-0.4, -0.2) is 14.9 Å². The van der Waals surface area contributed by atoms with E-state index < -0.39 is 16.6 Å². The summed E-state index contributed by atoms with van der Waals surface area (Å²) < 4.78 is 16.2. The smallest absolute Gasteiger partial charge is 0.141 e. The SMILES string of the molecule is CC(C)(C)NS(=O)c1ccccc1C(O)(c1ccccc1)c1ccccc1. The van der Waals surface area contributed by atoms with Crippen LogP contribution >= 0.6 is 0 Å². The highest BCUT2D eigenvalue weighted by atomic mass is 32.2. The average Bonchev–Trinajstić information content (AvgIpc) is 2.67. The molecule has 1 atom stereocenters. The van der Waals surface area contributed by atoms with E-state index in [1.54, 1.807) is 6.07 Å². The minimum absolute atomic E-state index is 0.324. The lowest BCUT2D eigenvalue weighted by atomic mass is 9.80. The molecule has 0 fully saturated rings. The second-order valence-corrected chi connectivity index (χ2v) is 8.74. The van der Waals surface area contributed by atoms with E-state index in [1.807, 2.05) is 99.6 Å². The predicted octanol–water partition coefficient (Wildman–Crippen LogP) is 4.38. The molecule has 3 aromatic rings. The van der Waals surface area contributed by atoms with Crippen LogP contribution in [0.1, 0.15) is 37.5 Å². The summed E-state index contributed by atoms with van der Waals surface area (Å²) in [5.74, 6) is 0. The Labute approximate surface area is 163 Å². The molecule has 0 amide bonds. The van der Waals surface area contributed by atoms with Crippen LogP contribution in [0.15, 0.2) is 89.8 Å². The summed E-state index contributed by atoms with van der Waals surface area (Å²) >= 11 is 0. The van der Waals surface area contributed by atoms with Gasteiger partial charge in [-0.15, -0.1) is 0 Å². The van der Waals surface area contributed by atoms with Gasteiger partial charge >= 0.3 is 0 Å². The maximum absolute atomic E-state index is 13.1. The van der Waals surface area contributed by atoms with Gasteiger partial charge in [0, 0.05) is 11.1 Å². The van der Waals surface area contributed by atoms with E-state index in [4.69, 9.17) is 0 Å². The van der Waals surface area contributed by atoms with E-state index in [1.165, 1.54) is 0 Å². The molecule has 0 aromatic heterocycles. The van der Waals surface area contributed by atoms with Crippen molar-refractivity contribution in [3.05, 3.63) is 102 Å². The van der Waals surface area contributed by atoms with Crippen LogP contribution in [-0.2, 0) is 16.6 Å². The monoisotopic (exact) mass is 379 g/mol. The molecule has 0 radical (unpaired) electrons. The van der Waals surface area contributed by atoms with Crippen molar-refractivity contribution in [1.82, 2.24) is 4.72 Å². The normalized spacial score (nSPS) is 13.3. The van der Waals surface area contributed by atoms with E-state index in [0.717, 1.165) is 11.1 Å². The number of hydrogen-bond acceptors (Lipinski definition) is 2. The van der Waals surface area contributed by atoms with Crippen molar-refractivity contribution in [2.45, 2.75) is 36.8 Å². The third-order valence-electron chi connectivity index (χ3n) is 4.26. The third-order valence-corrected chi connectivity index (χ3v) is 5.81. The van der Waals surface area contributed by atoms with Crippen LogP contribution in [0.5, 0.6) is 0 Å². The van der Waals surface area contributed by atoms with E-state index in [-0.39, 0.29) is 5.54 Å². The molecule has 3 aromatic carbocycles.